The van der Waals surface area contributed by atoms with Gasteiger partial charge in [0.25, 0.3) is 5.91 Å². The van der Waals surface area contributed by atoms with E-state index in [0.717, 1.165) is 23.3 Å². The number of carbonyl (C=O) groups excluding carboxylic acids is 1. The fraction of sp³-hybridized carbons (Fsp3) is 0.190. The molecule has 0 atom stereocenters. The monoisotopic (exact) mass is 362 g/mol. The van der Waals surface area contributed by atoms with Crippen LogP contribution in [0.4, 0.5) is 0 Å². The zero-order valence-electron chi connectivity index (χ0n) is 15.4. The van der Waals surface area contributed by atoms with Crippen LogP contribution in [0.2, 0.25) is 0 Å². The molecule has 0 aliphatic heterocycles. The van der Waals surface area contributed by atoms with Crippen LogP contribution in [0.1, 0.15) is 35.0 Å². The highest BCUT2D eigenvalue weighted by Crippen LogP contribution is 2.21. The van der Waals surface area contributed by atoms with Gasteiger partial charge in [0.05, 0.1) is 18.5 Å². The Bertz CT molecular complexity index is 912. The molecule has 0 aliphatic rings. The number of benzene rings is 2. The number of amides is 1. The summed E-state index contributed by atoms with van der Waals surface area (Å²) in [5, 5.41) is 10.9. The van der Waals surface area contributed by atoms with Gasteiger partial charge in [0.2, 0.25) is 0 Å². The first-order valence-electron chi connectivity index (χ1n) is 8.84. The number of H-pyrrole nitrogens is 1. The number of aryl methyl sites for hydroxylation is 1. The van der Waals surface area contributed by atoms with Crippen molar-refractivity contribution in [3.63, 3.8) is 0 Å². The molecule has 0 spiro atoms. The third-order valence-corrected chi connectivity index (χ3v) is 3.90. The average Bonchev–Trinajstić information content (AvgIpc) is 3.18. The SMILES string of the molecule is CCCOc1ccc(-c2cc(C(=O)NN=Cc3ccc(C)cc3)[nH]n2)cc1. The molecule has 27 heavy (non-hydrogen) atoms. The molecule has 0 radical (unpaired) electrons. The first kappa shape index (κ1) is 18.4. The zero-order chi connectivity index (χ0) is 19.1. The second kappa shape index (κ2) is 8.80. The number of nitrogens with zero attached hydrogens (tertiary/aromatic N) is 2. The summed E-state index contributed by atoms with van der Waals surface area (Å²) in [5.74, 6) is 0.472. The minimum Gasteiger partial charge on any atom is -0.494 e. The minimum absolute atomic E-state index is 0.345. The van der Waals surface area contributed by atoms with Crippen molar-refractivity contribution in [3.8, 4) is 17.0 Å². The lowest BCUT2D eigenvalue weighted by Crippen LogP contribution is -2.17. The van der Waals surface area contributed by atoms with Gasteiger partial charge in [0, 0.05) is 5.56 Å². The highest BCUT2D eigenvalue weighted by atomic mass is 16.5. The topological polar surface area (TPSA) is 79.4 Å². The molecule has 3 aromatic rings. The van der Waals surface area contributed by atoms with Crippen molar-refractivity contribution in [2.75, 3.05) is 6.61 Å². The molecule has 2 aromatic carbocycles. The maximum absolute atomic E-state index is 12.2. The Balaban J connectivity index is 1.61. The van der Waals surface area contributed by atoms with E-state index in [0.29, 0.717) is 18.0 Å². The van der Waals surface area contributed by atoms with E-state index in [1.807, 2.05) is 55.5 Å². The number of aromatic nitrogens is 2. The molecule has 0 saturated heterocycles. The molecule has 0 unspecified atom stereocenters. The number of hydrogen-bond acceptors (Lipinski definition) is 4. The van der Waals surface area contributed by atoms with Crippen LogP contribution in [0.3, 0.4) is 0 Å². The minimum atomic E-state index is -0.347. The molecule has 1 aromatic heterocycles. The van der Waals surface area contributed by atoms with Gasteiger partial charge in [0.15, 0.2) is 0 Å². The maximum Gasteiger partial charge on any atom is 0.289 e. The molecule has 3 rings (SSSR count). The number of aromatic amines is 1. The summed E-state index contributed by atoms with van der Waals surface area (Å²) < 4.78 is 5.57. The largest absolute Gasteiger partial charge is 0.494 e. The van der Waals surface area contributed by atoms with Crippen LogP contribution in [0.25, 0.3) is 11.3 Å². The first-order chi connectivity index (χ1) is 13.2. The van der Waals surface area contributed by atoms with Crippen molar-refractivity contribution < 1.29 is 9.53 Å². The van der Waals surface area contributed by atoms with Crippen LogP contribution in [-0.4, -0.2) is 28.9 Å². The lowest BCUT2D eigenvalue weighted by atomic mass is 10.1. The molecule has 1 heterocycles. The molecule has 0 bridgehead atoms. The lowest BCUT2D eigenvalue weighted by Gasteiger charge is -2.04. The van der Waals surface area contributed by atoms with Gasteiger partial charge in [-0.3, -0.25) is 9.89 Å². The summed E-state index contributed by atoms with van der Waals surface area (Å²) >= 11 is 0. The van der Waals surface area contributed by atoms with Crippen LogP contribution in [0, 0.1) is 6.92 Å². The van der Waals surface area contributed by atoms with Gasteiger partial charge in [-0.25, -0.2) is 5.43 Å². The number of carbonyl (C=O) groups is 1. The van der Waals surface area contributed by atoms with Crippen LogP contribution in [0.5, 0.6) is 5.75 Å². The van der Waals surface area contributed by atoms with Crippen molar-refractivity contribution in [2.45, 2.75) is 20.3 Å². The molecular formula is C21H22N4O2. The Morgan fingerprint density at radius 2 is 1.93 bits per heavy atom. The fourth-order valence-corrected chi connectivity index (χ4v) is 2.41. The molecule has 6 heteroatoms. The average molecular weight is 362 g/mol. The van der Waals surface area contributed by atoms with E-state index >= 15 is 0 Å². The van der Waals surface area contributed by atoms with Crippen LogP contribution in [-0.2, 0) is 0 Å². The van der Waals surface area contributed by atoms with Crippen molar-refractivity contribution in [1.82, 2.24) is 15.6 Å². The number of rotatable bonds is 7. The number of hydrazone groups is 1. The van der Waals surface area contributed by atoms with E-state index in [4.69, 9.17) is 4.74 Å². The van der Waals surface area contributed by atoms with Gasteiger partial charge in [0.1, 0.15) is 11.4 Å². The predicted octanol–water partition coefficient (Wildman–Crippen LogP) is 3.94. The van der Waals surface area contributed by atoms with E-state index in [1.165, 1.54) is 5.56 Å². The van der Waals surface area contributed by atoms with Crippen molar-refractivity contribution >= 4 is 12.1 Å². The summed E-state index contributed by atoms with van der Waals surface area (Å²) in [6, 6.07) is 17.2. The number of ether oxygens (including phenoxy) is 1. The Kier molecular flexibility index (Phi) is 5.99. The third kappa shape index (κ3) is 5.04. The quantitative estimate of drug-likeness (QED) is 0.493. The first-order valence-corrected chi connectivity index (χ1v) is 8.84. The Morgan fingerprint density at radius 1 is 1.19 bits per heavy atom. The second-order valence-electron chi connectivity index (χ2n) is 6.15. The smallest absolute Gasteiger partial charge is 0.289 e. The summed E-state index contributed by atoms with van der Waals surface area (Å²) in [6.45, 7) is 4.77. The van der Waals surface area contributed by atoms with Crippen LogP contribution in [0.15, 0.2) is 59.7 Å². The number of nitrogens with one attached hydrogen (secondary N) is 2. The van der Waals surface area contributed by atoms with Gasteiger partial charge in [-0.05, 0) is 49.2 Å². The van der Waals surface area contributed by atoms with Gasteiger partial charge < -0.3 is 4.74 Å². The van der Waals surface area contributed by atoms with Gasteiger partial charge in [-0.1, -0.05) is 36.8 Å². The Morgan fingerprint density at radius 3 is 2.63 bits per heavy atom. The van der Waals surface area contributed by atoms with Crippen LogP contribution >= 0.6 is 0 Å². The second-order valence-corrected chi connectivity index (χ2v) is 6.15. The molecular weight excluding hydrogens is 340 g/mol. The summed E-state index contributed by atoms with van der Waals surface area (Å²) in [4.78, 5) is 12.2. The van der Waals surface area contributed by atoms with Crippen molar-refractivity contribution in [2.24, 2.45) is 5.10 Å². The van der Waals surface area contributed by atoms with E-state index in [1.54, 1.807) is 12.3 Å². The van der Waals surface area contributed by atoms with E-state index in [9.17, 15) is 4.79 Å². The molecule has 0 aliphatic carbocycles. The molecule has 2 N–H and O–H groups in total. The summed E-state index contributed by atoms with van der Waals surface area (Å²) in [7, 11) is 0. The van der Waals surface area contributed by atoms with E-state index in [2.05, 4.69) is 27.6 Å². The maximum atomic E-state index is 12.2. The van der Waals surface area contributed by atoms with E-state index in [-0.39, 0.29) is 5.91 Å². The van der Waals surface area contributed by atoms with Gasteiger partial charge >= 0.3 is 0 Å². The Labute approximate surface area is 158 Å². The van der Waals surface area contributed by atoms with Crippen LogP contribution < -0.4 is 10.2 Å². The predicted molar refractivity (Wildman–Crippen MR) is 106 cm³/mol. The highest BCUT2D eigenvalue weighted by molar-refractivity contribution is 5.94. The fourth-order valence-electron chi connectivity index (χ4n) is 2.41. The molecule has 6 nitrogen and oxygen atoms in total. The molecule has 1 amide bonds. The highest BCUT2D eigenvalue weighted by Gasteiger charge is 2.10. The molecule has 138 valence electrons. The van der Waals surface area contributed by atoms with Crippen molar-refractivity contribution in [1.29, 1.82) is 0 Å². The normalized spacial score (nSPS) is 10.9. The zero-order valence-corrected chi connectivity index (χ0v) is 15.4. The molecule has 0 saturated carbocycles. The van der Waals surface area contributed by atoms with Gasteiger partial charge in [-0.2, -0.15) is 10.2 Å². The molecule has 0 fully saturated rings. The lowest BCUT2D eigenvalue weighted by molar-refractivity contribution is 0.0950. The number of hydrogen-bond donors (Lipinski definition) is 2. The summed E-state index contributed by atoms with van der Waals surface area (Å²) in [6.07, 6.45) is 2.57. The van der Waals surface area contributed by atoms with Crippen molar-refractivity contribution in [3.05, 3.63) is 71.4 Å². The van der Waals surface area contributed by atoms with Gasteiger partial charge in [-0.15, -0.1) is 0 Å². The van der Waals surface area contributed by atoms with E-state index < -0.39 is 0 Å². The summed E-state index contributed by atoms with van der Waals surface area (Å²) in [5.41, 5.74) is 6.51. The Hall–Kier alpha value is -3.41. The third-order valence-electron chi connectivity index (χ3n) is 3.90. The standard InChI is InChI=1S/C21H22N4O2/c1-3-12-27-18-10-8-17(9-11-18)19-13-20(24-23-19)21(26)25-22-14-16-6-4-15(2)5-7-16/h4-11,13-14H,3,12H2,1-2H3,(H,23,24)(H,25,26).